The molecular formula is C13H19N3O4. The molecule has 7 nitrogen and oxygen atoms in total. The van der Waals surface area contributed by atoms with Crippen molar-refractivity contribution < 1.29 is 19.8 Å². The summed E-state index contributed by atoms with van der Waals surface area (Å²) in [7, 11) is 3.75. The van der Waals surface area contributed by atoms with Crippen molar-refractivity contribution in [3.05, 3.63) is 24.3 Å². The predicted molar refractivity (Wildman–Crippen MR) is 76.1 cm³/mol. The van der Waals surface area contributed by atoms with Gasteiger partial charge >= 0.3 is 12.0 Å². The van der Waals surface area contributed by atoms with Gasteiger partial charge in [0.05, 0.1) is 0 Å². The number of anilines is 2. The Labute approximate surface area is 117 Å². The smallest absolute Gasteiger partial charge is 0.326 e. The Morgan fingerprint density at radius 3 is 2.60 bits per heavy atom. The van der Waals surface area contributed by atoms with Gasteiger partial charge < -0.3 is 25.7 Å². The number of hydrogen-bond donors (Lipinski definition) is 4. The minimum atomic E-state index is -1.18. The number of rotatable bonds is 6. The molecule has 0 aliphatic rings. The van der Waals surface area contributed by atoms with Crippen molar-refractivity contribution in [3.63, 3.8) is 0 Å². The lowest BCUT2D eigenvalue weighted by atomic mass is 10.2. The predicted octanol–water partition coefficient (Wildman–Crippen LogP) is 0.710. The Morgan fingerprint density at radius 1 is 1.35 bits per heavy atom. The Balaban J connectivity index is 2.65. The van der Waals surface area contributed by atoms with Crippen molar-refractivity contribution in [1.29, 1.82) is 0 Å². The van der Waals surface area contributed by atoms with E-state index < -0.39 is 18.0 Å². The van der Waals surface area contributed by atoms with Gasteiger partial charge in [-0.3, -0.25) is 0 Å². The molecule has 0 saturated carbocycles. The molecule has 0 bridgehead atoms. The van der Waals surface area contributed by atoms with Crippen LogP contribution in [0.15, 0.2) is 24.3 Å². The number of benzene rings is 1. The number of carbonyl (C=O) groups excluding carboxylic acids is 1. The topological polar surface area (TPSA) is 102 Å². The molecule has 1 atom stereocenters. The van der Waals surface area contributed by atoms with Crippen molar-refractivity contribution in [2.24, 2.45) is 0 Å². The van der Waals surface area contributed by atoms with E-state index in [1.54, 1.807) is 18.2 Å². The first-order chi connectivity index (χ1) is 9.43. The fourth-order valence-corrected chi connectivity index (χ4v) is 1.57. The third kappa shape index (κ3) is 4.77. The van der Waals surface area contributed by atoms with E-state index in [1.165, 1.54) is 0 Å². The van der Waals surface area contributed by atoms with Gasteiger partial charge in [-0.05, 0) is 18.2 Å². The zero-order valence-corrected chi connectivity index (χ0v) is 11.5. The number of aliphatic carboxylic acids is 1. The normalized spacial score (nSPS) is 11.6. The summed E-state index contributed by atoms with van der Waals surface area (Å²) in [5, 5.41) is 22.5. The third-order valence-corrected chi connectivity index (χ3v) is 2.64. The molecule has 0 heterocycles. The summed E-state index contributed by atoms with van der Waals surface area (Å²) < 4.78 is 0. The van der Waals surface area contributed by atoms with E-state index in [1.807, 2.05) is 25.1 Å². The number of carboxylic acid groups (broad SMARTS) is 1. The molecule has 0 unspecified atom stereocenters. The molecule has 110 valence electrons. The van der Waals surface area contributed by atoms with E-state index >= 15 is 0 Å². The van der Waals surface area contributed by atoms with Gasteiger partial charge in [0.1, 0.15) is 6.04 Å². The minimum Gasteiger partial charge on any atom is -0.480 e. The largest absolute Gasteiger partial charge is 0.480 e. The zero-order chi connectivity index (χ0) is 15.1. The summed E-state index contributed by atoms with van der Waals surface area (Å²) in [6.07, 6.45) is -0.0412. The monoisotopic (exact) mass is 281 g/mol. The number of amides is 2. The standard InChI is InChI=1S/C13H19N3O4/c1-16(2)10-5-3-4-9(8-10)14-13(20)15-11(6-7-17)12(18)19/h3-5,8,11,17H,6-7H2,1-2H3,(H,18,19)(H2,14,15,20)/t11-/m1/s1. The lowest BCUT2D eigenvalue weighted by Crippen LogP contribution is -2.43. The van der Waals surface area contributed by atoms with Crippen LogP contribution < -0.4 is 15.5 Å². The lowest BCUT2D eigenvalue weighted by molar-refractivity contribution is -0.139. The molecule has 0 aliphatic heterocycles. The highest BCUT2D eigenvalue weighted by atomic mass is 16.4. The molecule has 0 spiro atoms. The molecule has 0 fully saturated rings. The van der Waals surface area contributed by atoms with Crippen LogP contribution in [0.5, 0.6) is 0 Å². The van der Waals surface area contributed by atoms with Crippen LogP contribution in [0.25, 0.3) is 0 Å². The van der Waals surface area contributed by atoms with Crippen LogP contribution in [0.4, 0.5) is 16.2 Å². The molecule has 1 rings (SSSR count). The zero-order valence-electron chi connectivity index (χ0n) is 11.5. The highest BCUT2D eigenvalue weighted by molar-refractivity contribution is 5.92. The van der Waals surface area contributed by atoms with Gasteiger partial charge in [0.2, 0.25) is 0 Å². The number of hydrogen-bond acceptors (Lipinski definition) is 4. The third-order valence-electron chi connectivity index (χ3n) is 2.64. The van der Waals surface area contributed by atoms with Gasteiger partial charge in [-0.15, -0.1) is 0 Å². The van der Waals surface area contributed by atoms with Crippen molar-refractivity contribution in [2.75, 3.05) is 30.9 Å². The maximum absolute atomic E-state index is 11.7. The maximum atomic E-state index is 11.7. The van der Waals surface area contributed by atoms with Crippen LogP contribution in [-0.4, -0.2) is 49.0 Å². The summed E-state index contributed by atoms with van der Waals surface area (Å²) >= 11 is 0. The Kier molecular flexibility index (Phi) is 5.79. The Bertz CT molecular complexity index is 476. The van der Waals surface area contributed by atoms with Gasteiger partial charge in [-0.1, -0.05) is 6.07 Å². The van der Waals surface area contributed by atoms with Crippen molar-refractivity contribution in [3.8, 4) is 0 Å². The van der Waals surface area contributed by atoms with Crippen molar-refractivity contribution in [1.82, 2.24) is 5.32 Å². The molecule has 0 radical (unpaired) electrons. The average molecular weight is 281 g/mol. The van der Waals surface area contributed by atoms with Crippen LogP contribution in [0.3, 0.4) is 0 Å². The highest BCUT2D eigenvalue weighted by Crippen LogP contribution is 2.17. The second-order valence-corrected chi connectivity index (χ2v) is 4.45. The minimum absolute atomic E-state index is 0.0412. The van der Waals surface area contributed by atoms with Gasteiger partial charge in [-0.25, -0.2) is 9.59 Å². The van der Waals surface area contributed by atoms with E-state index in [4.69, 9.17) is 10.2 Å². The van der Waals surface area contributed by atoms with Crippen LogP contribution in [-0.2, 0) is 4.79 Å². The molecule has 0 aliphatic carbocycles. The number of urea groups is 1. The second-order valence-electron chi connectivity index (χ2n) is 4.45. The van der Waals surface area contributed by atoms with Gasteiger partial charge in [0.25, 0.3) is 0 Å². The molecule has 0 saturated heterocycles. The number of carbonyl (C=O) groups is 2. The maximum Gasteiger partial charge on any atom is 0.326 e. The summed E-state index contributed by atoms with van der Waals surface area (Å²) in [6.45, 7) is -0.312. The lowest BCUT2D eigenvalue weighted by Gasteiger charge is -2.16. The highest BCUT2D eigenvalue weighted by Gasteiger charge is 2.19. The molecule has 4 N–H and O–H groups in total. The fourth-order valence-electron chi connectivity index (χ4n) is 1.57. The quantitative estimate of drug-likeness (QED) is 0.615. The SMILES string of the molecule is CN(C)c1cccc(NC(=O)N[C@H](CCO)C(=O)O)c1. The van der Waals surface area contributed by atoms with E-state index in [-0.39, 0.29) is 13.0 Å². The number of aliphatic hydroxyl groups is 1. The number of carboxylic acids is 1. The summed E-state index contributed by atoms with van der Waals surface area (Å²) in [5.74, 6) is -1.18. The average Bonchev–Trinajstić information content (AvgIpc) is 2.38. The Hall–Kier alpha value is -2.28. The molecule has 0 aromatic heterocycles. The first-order valence-corrected chi connectivity index (χ1v) is 6.12. The van der Waals surface area contributed by atoms with Crippen LogP contribution in [0.1, 0.15) is 6.42 Å². The number of nitrogens with one attached hydrogen (secondary N) is 2. The van der Waals surface area contributed by atoms with E-state index in [0.29, 0.717) is 5.69 Å². The number of aliphatic hydroxyl groups excluding tert-OH is 1. The van der Waals surface area contributed by atoms with Crippen LogP contribution in [0, 0.1) is 0 Å². The van der Waals surface area contributed by atoms with E-state index in [0.717, 1.165) is 5.69 Å². The first kappa shape index (κ1) is 15.8. The van der Waals surface area contributed by atoms with Crippen molar-refractivity contribution >= 4 is 23.4 Å². The summed E-state index contributed by atoms with van der Waals surface area (Å²) in [5.41, 5.74) is 1.47. The first-order valence-electron chi connectivity index (χ1n) is 6.12. The molecular weight excluding hydrogens is 262 g/mol. The molecule has 1 aromatic carbocycles. The van der Waals surface area contributed by atoms with Gasteiger partial charge in [0.15, 0.2) is 0 Å². The Morgan fingerprint density at radius 2 is 2.05 bits per heavy atom. The second kappa shape index (κ2) is 7.34. The van der Waals surface area contributed by atoms with Crippen LogP contribution >= 0.6 is 0 Å². The fraction of sp³-hybridized carbons (Fsp3) is 0.385. The summed E-state index contributed by atoms with van der Waals surface area (Å²) in [6, 6.07) is 5.40. The summed E-state index contributed by atoms with van der Waals surface area (Å²) in [4.78, 5) is 24.4. The molecule has 7 heteroatoms. The van der Waals surface area contributed by atoms with Gasteiger partial charge in [-0.2, -0.15) is 0 Å². The molecule has 2 amide bonds. The van der Waals surface area contributed by atoms with E-state index in [2.05, 4.69) is 10.6 Å². The van der Waals surface area contributed by atoms with Crippen molar-refractivity contribution in [2.45, 2.75) is 12.5 Å². The molecule has 20 heavy (non-hydrogen) atoms. The molecule has 1 aromatic rings. The van der Waals surface area contributed by atoms with Gasteiger partial charge in [0, 0.05) is 38.5 Å². The number of nitrogens with zero attached hydrogens (tertiary/aromatic N) is 1. The van der Waals surface area contributed by atoms with Crippen LogP contribution in [0.2, 0.25) is 0 Å². The van der Waals surface area contributed by atoms with E-state index in [9.17, 15) is 9.59 Å².